The third kappa shape index (κ3) is 6.15. The minimum absolute atomic E-state index is 0.0587. The minimum atomic E-state index is -0.0587. The molecular formula is C11H23BrN2O. The van der Waals surface area contributed by atoms with E-state index < -0.39 is 0 Å². The van der Waals surface area contributed by atoms with Crippen molar-refractivity contribution in [2.24, 2.45) is 0 Å². The van der Waals surface area contributed by atoms with Gasteiger partial charge in [0, 0.05) is 12.6 Å². The first-order chi connectivity index (χ1) is 7.04. The number of hydrogen-bond donors (Lipinski definition) is 1. The van der Waals surface area contributed by atoms with E-state index in [9.17, 15) is 4.79 Å². The summed E-state index contributed by atoms with van der Waals surface area (Å²) in [5, 5.41) is 3.00. The highest BCUT2D eigenvalue weighted by Gasteiger charge is 2.15. The van der Waals surface area contributed by atoms with Gasteiger partial charge < -0.3 is 10.2 Å². The lowest BCUT2D eigenvalue weighted by Crippen LogP contribution is -2.44. The van der Waals surface area contributed by atoms with Gasteiger partial charge in [-0.3, -0.25) is 4.79 Å². The Morgan fingerprint density at radius 3 is 2.27 bits per heavy atom. The highest BCUT2D eigenvalue weighted by atomic mass is 79.9. The van der Waals surface area contributed by atoms with E-state index in [1.54, 1.807) is 0 Å². The molecule has 0 fully saturated rings. The van der Waals surface area contributed by atoms with Crippen molar-refractivity contribution in [3.8, 4) is 0 Å². The van der Waals surface area contributed by atoms with Gasteiger partial charge in [-0.1, -0.05) is 36.7 Å². The minimum Gasteiger partial charge on any atom is -0.351 e. The predicted octanol–water partition coefficient (Wildman–Crippen LogP) is 2.01. The molecule has 0 spiro atoms. The van der Waals surface area contributed by atoms with Crippen molar-refractivity contribution in [2.45, 2.75) is 45.0 Å². The monoisotopic (exact) mass is 278 g/mol. The molecule has 1 N–H and O–H groups in total. The number of halogens is 1. The van der Waals surface area contributed by atoms with Crippen LogP contribution < -0.4 is 5.32 Å². The molecule has 0 aromatic heterocycles. The first-order valence-electron chi connectivity index (χ1n) is 5.71. The van der Waals surface area contributed by atoms with Crippen molar-refractivity contribution in [3.63, 3.8) is 0 Å². The van der Waals surface area contributed by atoms with E-state index in [2.05, 4.69) is 40.0 Å². The molecule has 4 heteroatoms. The Bertz CT molecular complexity index is 183. The van der Waals surface area contributed by atoms with Crippen LogP contribution in [0.2, 0.25) is 0 Å². The molecular weight excluding hydrogens is 256 g/mol. The van der Waals surface area contributed by atoms with Crippen LogP contribution in [0.3, 0.4) is 0 Å². The van der Waals surface area contributed by atoms with Gasteiger partial charge in [0.1, 0.15) is 0 Å². The number of nitrogens with zero attached hydrogens (tertiary/aromatic N) is 1. The topological polar surface area (TPSA) is 32.3 Å². The fraction of sp³-hybridized carbons (Fsp3) is 0.909. The van der Waals surface area contributed by atoms with E-state index >= 15 is 0 Å². The molecule has 0 saturated heterocycles. The zero-order valence-electron chi connectivity index (χ0n) is 10.2. The smallest absolute Gasteiger partial charge is 0.234 e. The maximum absolute atomic E-state index is 11.6. The molecule has 1 amide bonds. The largest absolute Gasteiger partial charge is 0.351 e. The summed E-state index contributed by atoms with van der Waals surface area (Å²) in [7, 11) is 0. The lowest BCUT2D eigenvalue weighted by atomic mass is 10.2. The molecule has 0 heterocycles. The van der Waals surface area contributed by atoms with Crippen LogP contribution in [0.4, 0.5) is 0 Å². The molecule has 0 radical (unpaired) electrons. The third-order valence-electron chi connectivity index (χ3n) is 2.46. The molecule has 15 heavy (non-hydrogen) atoms. The molecule has 0 aliphatic carbocycles. The average Bonchev–Trinajstić information content (AvgIpc) is 2.24. The number of hydrogen-bond acceptors (Lipinski definition) is 2. The van der Waals surface area contributed by atoms with Gasteiger partial charge in [-0.25, -0.2) is 0 Å². The summed E-state index contributed by atoms with van der Waals surface area (Å²) in [4.78, 5) is 13.8. The van der Waals surface area contributed by atoms with E-state index in [4.69, 9.17) is 0 Å². The molecule has 2 atom stereocenters. The molecule has 0 aliphatic heterocycles. The standard InChI is InChI=1S/C11H23BrN2O/c1-5-10(12)11(15)13-9(4)8-14(6-2)7-3/h9-10H,5-8H2,1-4H3,(H,13,15). The summed E-state index contributed by atoms with van der Waals surface area (Å²) in [6.07, 6.45) is 0.823. The van der Waals surface area contributed by atoms with E-state index in [-0.39, 0.29) is 16.8 Å². The highest BCUT2D eigenvalue weighted by Crippen LogP contribution is 2.04. The number of carbonyl (C=O) groups is 1. The Morgan fingerprint density at radius 2 is 1.87 bits per heavy atom. The Labute approximate surface area is 102 Å². The molecule has 0 rings (SSSR count). The maximum Gasteiger partial charge on any atom is 0.234 e. The van der Waals surface area contributed by atoms with Crippen molar-refractivity contribution in [2.75, 3.05) is 19.6 Å². The molecule has 0 aromatic rings. The number of amides is 1. The van der Waals surface area contributed by atoms with Gasteiger partial charge in [0.05, 0.1) is 4.83 Å². The van der Waals surface area contributed by atoms with Crippen LogP contribution in [0.1, 0.15) is 34.1 Å². The second-order valence-electron chi connectivity index (χ2n) is 3.77. The van der Waals surface area contributed by atoms with Crippen LogP contribution in [-0.4, -0.2) is 41.3 Å². The molecule has 3 nitrogen and oxygen atoms in total. The van der Waals surface area contributed by atoms with Gasteiger partial charge in [0.2, 0.25) is 5.91 Å². The Balaban J connectivity index is 3.91. The molecule has 0 saturated carbocycles. The Hall–Kier alpha value is -0.0900. The van der Waals surface area contributed by atoms with E-state index in [0.29, 0.717) is 0 Å². The Morgan fingerprint density at radius 1 is 1.33 bits per heavy atom. The van der Waals surface area contributed by atoms with Crippen molar-refractivity contribution >= 4 is 21.8 Å². The zero-order chi connectivity index (χ0) is 11.8. The quantitative estimate of drug-likeness (QED) is 0.723. The summed E-state index contributed by atoms with van der Waals surface area (Å²) < 4.78 is 0. The summed E-state index contributed by atoms with van der Waals surface area (Å²) >= 11 is 3.35. The molecule has 2 unspecified atom stereocenters. The van der Waals surface area contributed by atoms with Gasteiger partial charge in [0.15, 0.2) is 0 Å². The fourth-order valence-electron chi connectivity index (χ4n) is 1.43. The average molecular weight is 279 g/mol. The maximum atomic E-state index is 11.6. The molecule has 0 aliphatic rings. The first kappa shape index (κ1) is 14.9. The van der Waals surface area contributed by atoms with Crippen molar-refractivity contribution in [1.29, 1.82) is 0 Å². The van der Waals surface area contributed by atoms with Gasteiger partial charge in [-0.15, -0.1) is 0 Å². The van der Waals surface area contributed by atoms with Crippen LogP contribution >= 0.6 is 15.9 Å². The number of nitrogens with one attached hydrogen (secondary N) is 1. The highest BCUT2D eigenvalue weighted by molar-refractivity contribution is 9.10. The normalized spacial score (nSPS) is 15.1. The predicted molar refractivity (Wildman–Crippen MR) is 68.4 cm³/mol. The fourth-order valence-corrected chi connectivity index (χ4v) is 1.57. The van der Waals surface area contributed by atoms with Crippen LogP contribution in [0.25, 0.3) is 0 Å². The summed E-state index contributed by atoms with van der Waals surface area (Å²) in [5.41, 5.74) is 0. The van der Waals surface area contributed by atoms with Crippen molar-refractivity contribution in [3.05, 3.63) is 0 Å². The number of carbonyl (C=O) groups excluding carboxylic acids is 1. The van der Waals surface area contributed by atoms with Crippen LogP contribution in [0.5, 0.6) is 0 Å². The van der Waals surface area contributed by atoms with Crippen molar-refractivity contribution in [1.82, 2.24) is 10.2 Å². The van der Waals surface area contributed by atoms with Gasteiger partial charge >= 0.3 is 0 Å². The second kappa shape index (κ2) is 8.11. The summed E-state index contributed by atoms with van der Waals surface area (Å²) in [6, 6.07) is 0.212. The lowest BCUT2D eigenvalue weighted by Gasteiger charge is -2.24. The Kier molecular flexibility index (Phi) is 8.06. The molecule has 90 valence electrons. The van der Waals surface area contributed by atoms with Crippen LogP contribution in [0, 0.1) is 0 Å². The van der Waals surface area contributed by atoms with Gasteiger partial charge in [-0.2, -0.15) is 0 Å². The van der Waals surface area contributed by atoms with Gasteiger partial charge in [0.25, 0.3) is 0 Å². The second-order valence-corrected chi connectivity index (χ2v) is 4.88. The lowest BCUT2D eigenvalue weighted by molar-refractivity contribution is -0.121. The third-order valence-corrected chi connectivity index (χ3v) is 3.52. The SMILES string of the molecule is CCC(Br)C(=O)NC(C)CN(CC)CC. The zero-order valence-corrected chi connectivity index (χ0v) is 11.8. The number of likely N-dealkylation sites (N-methyl/N-ethyl adjacent to an activating group) is 1. The van der Waals surface area contributed by atoms with E-state index in [1.165, 1.54) is 0 Å². The molecule has 0 aromatic carbocycles. The van der Waals surface area contributed by atoms with E-state index in [0.717, 1.165) is 26.1 Å². The van der Waals surface area contributed by atoms with Crippen LogP contribution in [-0.2, 0) is 4.79 Å². The van der Waals surface area contributed by atoms with Gasteiger partial charge in [-0.05, 0) is 26.4 Å². The van der Waals surface area contributed by atoms with Crippen LogP contribution in [0.15, 0.2) is 0 Å². The number of rotatable bonds is 7. The first-order valence-corrected chi connectivity index (χ1v) is 6.63. The summed E-state index contributed by atoms with van der Waals surface area (Å²) in [6.45, 7) is 11.3. The molecule has 0 bridgehead atoms. The van der Waals surface area contributed by atoms with E-state index in [1.807, 2.05) is 13.8 Å². The number of alkyl halides is 1. The van der Waals surface area contributed by atoms with Crippen molar-refractivity contribution < 1.29 is 4.79 Å². The summed E-state index contributed by atoms with van der Waals surface area (Å²) in [5.74, 6) is 0.0946.